The van der Waals surface area contributed by atoms with Crippen LogP contribution in [0, 0.1) is 5.92 Å². The van der Waals surface area contributed by atoms with Crippen LogP contribution >= 0.6 is 0 Å². The van der Waals surface area contributed by atoms with Crippen LogP contribution in [0.2, 0.25) is 9.26 Å². The van der Waals surface area contributed by atoms with Crippen LogP contribution in [-0.2, 0) is 29.8 Å². The van der Waals surface area contributed by atoms with E-state index in [1.54, 1.807) is 6.07 Å². The zero-order valence-electron chi connectivity index (χ0n) is 21.2. The SMILES string of the molecule is CC1=C(C)C(C)[C]([Zr]([CH3])([CH3])(=[SiH2])[CH]2C=C(c3cc(C(F)(F)F)cc(C(F)(F)F)c3)c3ccccc32)=C1C. The number of alkyl halides is 6. The average Bonchev–Trinajstić information content (AvgIpc) is 3.25. The van der Waals surface area contributed by atoms with Gasteiger partial charge in [-0.1, -0.05) is 0 Å². The van der Waals surface area contributed by atoms with Gasteiger partial charge < -0.3 is 0 Å². The topological polar surface area (TPSA) is 0 Å². The summed E-state index contributed by atoms with van der Waals surface area (Å²) in [5.74, 6) is 0.276. The van der Waals surface area contributed by atoms with Crippen LogP contribution < -0.4 is 0 Å². The minimum absolute atomic E-state index is 0.0362. The molecule has 0 saturated carbocycles. The number of halogens is 6. The number of allylic oxidation sites excluding steroid dienone is 5. The molecular formula is C28H30F6SiZr. The molecule has 0 radical (unpaired) electrons. The molecule has 0 spiro atoms. The Labute approximate surface area is 210 Å². The molecule has 4 rings (SSSR count). The van der Waals surface area contributed by atoms with Crippen molar-refractivity contribution in [3.05, 3.63) is 96.4 Å². The third-order valence-electron chi connectivity index (χ3n) is 8.34. The second kappa shape index (κ2) is 8.42. The van der Waals surface area contributed by atoms with Crippen molar-refractivity contribution < 1.29 is 43.7 Å². The van der Waals surface area contributed by atoms with Gasteiger partial charge in [-0.15, -0.1) is 0 Å². The Bertz CT molecular complexity index is 1400. The van der Waals surface area contributed by atoms with E-state index in [1.807, 2.05) is 24.3 Å². The van der Waals surface area contributed by atoms with Gasteiger partial charge in [0, 0.05) is 0 Å². The van der Waals surface area contributed by atoms with E-state index >= 15 is 0 Å². The molecule has 2 atom stereocenters. The Hall–Kier alpha value is -1.66. The first kappa shape index (κ1) is 27.4. The van der Waals surface area contributed by atoms with Gasteiger partial charge in [0.1, 0.15) is 0 Å². The van der Waals surface area contributed by atoms with Crippen molar-refractivity contribution in [2.75, 3.05) is 0 Å². The van der Waals surface area contributed by atoms with Crippen molar-refractivity contribution in [3.8, 4) is 0 Å². The van der Waals surface area contributed by atoms with Crippen molar-refractivity contribution in [1.82, 2.24) is 0 Å². The molecule has 2 aromatic carbocycles. The molecule has 0 aliphatic heterocycles. The monoisotopic (exact) mass is 598 g/mol. The molecule has 8 heteroatoms. The Morgan fingerprint density at radius 3 is 1.81 bits per heavy atom. The van der Waals surface area contributed by atoms with Crippen LogP contribution in [0.3, 0.4) is 0 Å². The van der Waals surface area contributed by atoms with Gasteiger partial charge in [-0.3, -0.25) is 0 Å². The van der Waals surface area contributed by atoms with E-state index in [9.17, 15) is 26.3 Å². The van der Waals surface area contributed by atoms with Gasteiger partial charge in [-0.2, -0.15) is 0 Å². The first-order chi connectivity index (χ1) is 16.3. The summed E-state index contributed by atoms with van der Waals surface area (Å²) in [5.41, 5.74) is 3.47. The van der Waals surface area contributed by atoms with E-state index in [0.29, 0.717) is 5.57 Å². The fourth-order valence-corrected chi connectivity index (χ4v) is 24.9. The zero-order chi connectivity index (χ0) is 27.0. The number of rotatable bonds is 3. The Morgan fingerprint density at radius 2 is 1.33 bits per heavy atom. The number of benzene rings is 2. The van der Waals surface area contributed by atoms with Crippen LogP contribution in [0.4, 0.5) is 26.3 Å². The fraction of sp³-hybridized carbons (Fsp3) is 0.357. The molecule has 0 nitrogen and oxygen atoms in total. The molecule has 0 saturated heterocycles. The van der Waals surface area contributed by atoms with E-state index in [1.165, 1.54) is 20.0 Å². The van der Waals surface area contributed by atoms with E-state index in [4.69, 9.17) is 0 Å². The molecule has 0 N–H and O–H groups in total. The molecule has 0 heterocycles. The summed E-state index contributed by atoms with van der Waals surface area (Å²) in [6, 6.07) is 9.39. The van der Waals surface area contributed by atoms with Crippen molar-refractivity contribution in [1.29, 1.82) is 0 Å². The summed E-state index contributed by atoms with van der Waals surface area (Å²) in [4.78, 5) is 0. The molecule has 0 bridgehead atoms. The normalized spacial score (nSPS) is 21.3. The molecule has 192 valence electrons. The molecule has 2 unspecified atom stereocenters. The Morgan fingerprint density at radius 1 is 0.806 bits per heavy atom. The van der Waals surface area contributed by atoms with Crippen LogP contribution in [0.5, 0.6) is 0 Å². The van der Waals surface area contributed by atoms with Crippen molar-refractivity contribution in [2.24, 2.45) is 5.92 Å². The van der Waals surface area contributed by atoms with Crippen LogP contribution in [0.15, 0.2) is 68.5 Å². The van der Waals surface area contributed by atoms with Gasteiger partial charge in [0.05, 0.1) is 0 Å². The number of hydrogen-bond donors (Lipinski definition) is 0. The van der Waals surface area contributed by atoms with Gasteiger partial charge in [-0.25, -0.2) is 0 Å². The third-order valence-corrected chi connectivity index (χ3v) is 25.6. The average molecular weight is 600 g/mol. The van der Waals surface area contributed by atoms with Gasteiger partial charge in [-0.05, 0) is 0 Å². The van der Waals surface area contributed by atoms with Gasteiger partial charge in [0.2, 0.25) is 0 Å². The molecule has 2 aromatic rings. The Kier molecular flexibility index (Phi) is 6.41. The fourth-order valence-electron chi connectivity index (χ4n) is 6.35. The second-order valence-corrected chi connectivity index (χ2v) is 40.9. The van der Waals surface area contributed by atoms with Crippen molar-refractivity contribution in [3.63, 3.8) is 0 Å². The molecular weight excluding hydrogens is 570 g/mol. The van der Waals surface area contributed by atoms with Gasteiger partial charge in [0.15, 0.2) is 0 Å². The maximum absolute atomic E-state index is 13.6. The van der Waals surface area contributed by atoms with Gasteiger partial charge >= 0.3 is 211 Å². The predicted molar refractivity (Wildman–Crippen MR) is 133 cm³/mol. The molecule has 2 aliphatic rings. The summed E-state index contributed by atoms with van der Waals surface area (Å²) in [6.45, 7) is 10.7. The van der Waals surface area contributed by atoms with E-state index in [-0.39, 0.29) is 21.2 Å². The van der Waals surface area contributed by atoms with Crippen LogP contribution in [-0.4, -0.2) is 6.88 Å². The van der Waals surface area contributed by atoms with Crippen molar-refractivity contribution >= 4 is 12.5 Å². The maximum atomic E-state index is 13.6. The van der Waals surface area contributed by atoms with Crippen LogP contribution in [0.25, 0.3) is 5.57 Å². The van der Waals surface area contributed by atoms with E-state index in [0.717, 1.165) is 23.3 Å². The number of fused-ring (bicyclic) bond motifs is 1. The second-order valence-electron chi connectivity index (χ2n) is 11.3. The first-order valence-electron chi connectivity index (χ1n) is 11.9. The first-order valence-corrected chi connectivity index (χ1v) is 25.4. The molecule has 0 fully saturated rings. The molecule has 0 aromatic heterocycles. The van der Waals surface area contributed by atoms with Crippen LogP contribution in [0.1, 0.15) is 59.1 Å². The van der Waals surface area contributed by atoms with E-state index < -0.39 is 40.9 Å². The third kappa shape index (κ3) is 4.36. The molecule has 36 heavy (non-hydrogen) atoms. The summed E-state index contributed by atoms with van der Waals surface area (Å²) >= 11 is -3.87. The quantitative estimate of drug-likeness (QED) is 0.244. The van der Waals surface area contributed by atoms with E-state index in [2.05, 4.69) is 43.8 Å². The standard InChI is InChI=1S/C17H9F6.C9H13.2CH3.H2Si.Zr/c18-16(19,20)12-7-11(8-13(9-12)17(21,22)23)15-6-5-10-3-1-2-4-14(10)15;1-6-5-7(2)9(4)8(6)3;;;;/h1-9H;6H,1-4H3;2*1H3;1H2;. The summed E-state index contributed by atoms with van der Waals surface area (Å²) in [7, 11) is 0. The molecule has 2 aliphatic carbocycles. The predicted octanol–water partition coefficient (Wildman–Crippen LogP) is 8.80. The minimum atomic E-state index is -4.89. The molecule has 0 amide bonds. The summed E-state index contributed by atoms with van der Waals surface area (Å²) in [6.07, 6.45) is -7.81. The van der Waals surface area contributed by atoms with Gasteiger partial charge in [0.25, 0.3) is 0 Å². The summed E-state index contributed by atoms with van der Waals surface area (Å²) in [5, 5.41) is 0. The summed E-state index contributed by atoms with van der Waals surface area (Å²) < 4.78 is 87.9. The Balaban J connectivity index is 1.98. The number of hydrogen-bond acceptors (Lipinski definition) is 0. The zero-order valence-corrected chi connectivity index (χ0v) is 25.1. The van der Waals surface area contributed by atoms with Crippen molar-refractivity contribution in [2.45, 2.75) is 52.9 Å².